The van der Waals surface area contributed by atoms with Gasteiger partial charge in [-0.05, 0) is 19.3 Å². The molecule has 0 radical (unpaired) electrons. The van der Waals surface area contributed by atoms with Gasteiger partial charge in [0.25, 0.3) is 0 Å². The van der Waals surface area contributed by atoms with Gasteiger partial charge in [0.15, 0.2) is 5.13 Å². The van der Waals surface area contributed by atoms with Crippen molar-refractivity contribution in [1.82, 2.24) is 4.98 Å². The van der Waals surface area contributed by atoms with Gasteiger partial charge in [-0.2, -0.15) is 0 Å². The molecular weight excluding hydrogens is 260 g/mol. The fourth-order valence-corrected chi connectivity index (χ4v) is 2.70. The quantitative estimate of drug-likeness (QED) is 0.724. The minimum absolute atomic E-state index is 0.146. The highest BCUT2D eigenvalue weighted by molar-refractivity contribution is 7.13. The molecule has 4 nitrogen and oxygen atoms in total. The first kappa shape index (κ1) is 16.0. The third-order valence-electron chi connectivity index (χ3n) is 2.94. The monoisotopic (exact) mass is 284 g/mol. The van der Waals surface area contributed by atoms with Crippen molar-refractivity contribution < 1.29 is 9.90 Å². The molecule has 108 valence electrons. The fraction of sp³-hybridized carbons (Fsp3) is 0.714. The van der Waals surface area contributed by atoms with E-state index in [1.54, 1.807) is 11.3 Å². The van der Waals surface area contributed by atoms with E-state index in [9.17, 15) is 4.79 Å². The van der Waals surface area contributed by atoms with Gasteiger partial charge in [-0.3, -0.25) is 4.79 Å². The van der Waals surface area contributed by atoms with Crippen LogP contribution in [0.25, 0.3) is 0 Å². The SMILES string of the molecule is CC(C)CCCC(C)Nc1nc(CCC(=O)O)cs1. The lowest BCUT2D eigenvalue weighted by molar-refractivity contribution is -0.136. The van der Waals surface area contributed by atoms with Crippen molar-refractivity contribution in [2.75, 3.05) is 5.32 Å². The Morgan fingerprint density at radius 1 is 1.42 bits per heavy atom. The zero-order chi connectivity index (χ0) is 14.3. The zero-order valence-electron chi connectivity index (χ0n) is 12.0. The topological polar surface area (TPSA) is 62.2 Å². The number of thiazole rings is 1. The van der Waals surface area contributed by atoms with Gasteiger partial charge >= 0.3 is 5.97 Å². The molecule has 0 aliphatic rings. The number of nitrogens with one attached hydrogen (secondary N) is 1. The van der Waals surface area contributed by atoms with Crippen LogP contribution >= 0.6 is 11.3 Å². The van der Waals surface area contributed by atoms with Crippen LogP contribution in [0.2, 0.25) is 0 Å². The smallest absolute Gasteiger partial charge is 0.303 e. The second kappa shape index (κ2) is 8.15. The van der Waals surface area contributed by atoms with E-state index in [0.29, 0.717) is 12.5 Å². The van der Waals surface area contributed by atoms with E-state index in [1.807, 2.05) is 5.38 Å². The molecule has 0 fully saturated rings. The number of hydrogen-bond donors (Lipinski definition) is 2. The predicted molar refractivity (Wildman–Crippen MR) is 79.8 cm³/mol. The van der Waals surface area contributed by atoms with Crippen molar-refractivity contribution in [2.45, 2.75) is 58.9 Å². The van der Waals surface area contributed by atoms with E-state index in [0.717, 1.165) is 23.2 Å². The van der Waals surface area contributed by atoms with E-state index < -0.39 is 5.97 Å². The van der Waals surface area contributed by atoms with Crippen LogP contribution in [0.4, 0.5) is 5.13 Å². The Morgan fingerprint density at radius 3 is 2.79 bits per heavy atom. The lowest BCUT2D eigenvalue weighted by Crippen LogP contribution is -2.15. The Hall–Kier alpha value is -1.10. The van der Waals surface area contributed by atoms with Crippen LogP contribution < -0.4 is 5.32 Å². The highest BCUT2D eigenvalue weighted by Crippen LogP contribution is 2.19. The molecule has 1 aromatic rings. The van der Waals surface area contributed by atoms with Crippen LogP contribution in [-0.2, 0) is 11.2 Å². The minimum atomic E-state index is -0.774. The number of nitrogens with zero attached hydrogens (tertiary/aromatic N) is 1. The van der Waals surface area contributed by atoms with Crippen LogP contribution in [0.15, 0.2) is 5.38 Å². The third kappa shape index (κ3) is 7.15. The Bertz CT molecular complexity index is 391. The summed E-state index contributed by atoms with van der Waals surface area (Å²) in [6.07, 6.45) is 4.28. The van der Waals surface area contributed by atoms with Gasteiger partial charge in [0.05, 0.1) is 12.1 Å². The molecule has 1 atom stereocenters. The van der Waals surface area contributed by atoms with Gasteiger partial charge in [-0.1, -0.05) is 26.7 Å². The van der Waals surface area contributed by atoms with Crippen LogP contribution in [0.1, 0.15) is 52.1 Å². The molecule has 19 heavy (non-hydrogen) atoms. The Labute approximate surface area is 119 Å². The average Bonchev–Trinajstić information content (AvgIpc) is 2.73. The van der Waals surface area contributed by atoms with Gasteiger partial charge in [0.2, 0.25) is 0 Å². The van der Waals surface area contributed by atoms with E-state index in [-0.39, 0.29) is 6.42 Å². The van der Waals surface area contributed by atoms with Crippen LogP contribution in [-0.4, -0.2) is 22.1 Å². The van der Waals surface area contributed by atoms with Gasteiger partial charge < -0.3 is 10.4 Å². The first-order valence-electron chi connectivity index (χ1n) is 6.90. The second-order valence-corrected chi connectivity index (χ2v) is 6.27. The minimum Gasteiger partial charge on any atom is -0.481 e. The Balaban J connectivity index is 2.30. The van der Waals surface area contributed by atoms with E-state index >= 15 is 0 Å². The molecule has 0 saturated carbocycles. The summed E-state index contributed by atoms with van der Waals surface area (Å²) >= 11 is 1.55. The molecule has 1 aromatic heterocycles. The number of anilines is 1. The first-order chi connectivity index (χ1) is 8.97. The van der Waals surface area contributed by atoms with Gasteiger partial charge in [0.1, 0.15) is 0 Å². The Morgan fingerprint density at radius 2 is 2.16 bits per heavy atom. The number of aromatic nitrogens is 1. The summed E-state index contributed by atoms with van der Waals surface area (Å²) in [4.78, 5) is 14.9. The van der Waals surface area contributed by atoms with Crippen molar-refractivity contribution in [3.05, 3.63) is 11.1 Å². The van der Waals surface area contributed by atoms with Crippen LogP contribution in [0.3, 0.4) is 0 Å². The summed E-state index contributed by atoms with van der Waals surface area (Å²) in [7, 11) is 0. The molecule has 1 heterocycles. The molecule has 0 saturated heterocycles. The lowest BCUT2D eigenvalue weighted by Gasteiger charge is -2.13. The number of carboxylic acids is 1. The van der Waals surface area contributed by atoms with Crippen molar-refractivity contribution in [2.24, 2.45) is 5.92 Å². The van der Waals surface area contributed by atoms with Crippen LogP contribution in [0.5, 0.6) is 0 Å². The molecule has 1 unspecified atom stereocenters. The number of aliphatic carboxylic acids is 1. The van der Waals surface area contributed by atoms with Crippen molar-refractivity contribution >= 4 is 22.4 Å². The van der Waals surface area contributed by atoms with E-state index in [1.165, 1.54) is 12.8 Å². The third-order valence-corrected chi connectivity index (χ3v) is 3.76. The van der Waals surface area contributed by atoms with Gasteiger partial charge in [0, 0.05) is 17.8 Å². The predicted octanol–water partition coefficient (Wildman–Crippen LogP) is 3.79. The maximum absolute atomic E-state index is 10.5. The van der Waals surface area contributed by atoms with E-state index in [4.69, 9.17) is 5.11 Å². The zero-order valence-corrected chi connectivity index (χ0v) is 12.8. The molecule has 2 N–H and O–H groups in total. The number of carbonyl (C=O) groups is 1. The normalized spacial score (nSPS) is 12.6. The maximum Gasteiger partial charge on any atom is 0.303 e. The van der Waals surface area contributed by atoms with E-state index in [2.05, 4.69) is 31.1 Å². The van der Waals surface area contributed by atoms with Gasteiger partial charge in [-0.15, -0.1) is 11.3 Å². The van der Waals surface area contributed by atoms with Crippen molar-refractivity contribution in [3.8, 4) is 0 Å². The van der Waals surface area contributed by atoms with Gasteiger partial charge in [-0.25, -0.2) is 4.98 Å². The molecule has 0 aliphatic carbocycles. The summed E-state index contributed by atoms with van der Waals surface area (Å²) in [5.74, 6) is -0.0146. The number of hydrogen-bond acceptors (Lipinski definition) is 4. The molecule has 0 aliphatic heterocycles. The van der Waals surface area contributed by atoms with Crippen molar-refractivity contribution in [3.63, 3.8) is 0 Å². The Kier molecular flexibility index (Phi) is 6.84. The molecule has 0 aromatic carbocycles. The largest absolute Gasteiger partial charge is 0.481 e. The molecule has 0 amide bonds. The second-order valence-electron chi connectivity index (χ2n) is 5.41. The van der Waals surface area contributed by atoms with Crippen molar-refractivity contribution in [1.29, 1.82) is 0 Å². The number of carboxylic acid groups (broad SMARTS) is 1. The highest BCUT2D eigenvalue weighted by atomic mass is 32.1. The molecule has 1 rings (SSSR count). The molecular formula is C14H24N2O2S. The lowest BCUT2D eigenvalue weighted by atomic mass is 10.0. The highest BCUT2D eigenvalue weighted by Gasteiger charge is 2.08. The molecule has 0 bridgehead atoms. The summed E-state index contributed by atoms with van der Waals surface area (Å²) in [6, 6.07) is 0.414. The summed E-state index contributed by atoms with van der Waals surface area (Å²) < 4.78 is 0. The summed E-state index contributed by atoms with van der Waals surface area (Å²) in [5.41, 5.74) is 0.865. The molecule has 5 heteroatoms. The summed E-state index contributed by atoms with van der Waals surface area (Å²) in [5, 5.41) is 14.8. The standard InChI is InChI=1S/C14H24N2O2S/c1-10(2)5-4-6-11(3)15-14-16-12(9-19-14)7-8-13(17)18/h9-11H,4-8H2,1-3H3,(H,15,16)(H,17,18). The summed E-state index contributed by atoms with van der Waals surface area (Å²) in [6.45, 7) is 6.65. The fourth-order valence-electron chi connectivity index (χ4n) is 1.84. The number of aryl methyl sites for hydroxylation is 1. The van der Waals surface area contributed by atoms with Crippen LogP contribution in [0, 0.1) is 5.92 Å². The maximum atomic E-state index is 10.5. The molecule has 0 spiro atoms. The first-order valence-corrected chi connectivity index (χ1v) is 7.78. The number of rotatable bonds is 9. The average molecular weight is 284 g/mol.